The van der Waals surface area contributed by atoms with E-state index in [1.807, 2.05) is 0 Å². The van der Waals surface area contributed by atoms with Crippen molar-refractivity contribution in [3.63, 3.8) is 0 Å². The molecule has 1 aliphatic rings. The second-order valence-electron chi connectivity index (χ2n) is 2.81. The Morgan fingerprint density at radius 2 is 2.00 bits per heavy atom. The van der Waals surface area contributed by atoms with Crippen LogP contribution in [0.1, 0.15) is 0 Å². The van der Waals surface area contributed by atoms with E-state index in [1.165, 1.54) is 0 Å². The van der Waals surface area contributed by atoms with Crippen molar-refractivity contribution in [2.24, 2.45) is 5.73 Å². The molecule has 13 heavy (non-hydrogen) atoms. The van der Waals surface area contributed by atoms with Crippen LogP contribution < -0.4 is 11.1 Å². The van der Waals surface area contributed by atoms with Gasteiger partial charge >= 0.3 is 0 Å². The van der Waals surface area contributed by atoms with E-state index in [2.05, 4.69) is 17.5 Å². The predicted octanol–water partition coefficient (Wildman–Crippen LogP) is -2.74. The van der Waals surface area contributed by atoms with Gasteiger partial charge < -0.3 is 31.1 Å². The summed E-state index contributed by atoms with van der Waals surface area (Å²) in [5, 5.41) is 30.1. The fraction of sp³-hybridized carbons (Fsp3) is 0.833. The predicted molar refractivity (Wildman–Crippen MR) is 47.7 cm³/mol. The van der Waals surface area contributed by atoms with Gasteiger partial charge in [-0.05, 0) is 12.2 Å². The van der Waals surface area contributed by atoms with E-state index in [1.54, 1.807) is 0 Å². The Morgan fingerprint density at radius 1 is 1.38 bits per heavy atom. The van der Waals surface area contributed by atoms with Gasteiger partial charge in [0.15, 0.2) is 11.3 Å². The lowest BCUT2D eigenvalue weighted by Crippen LogP contribution is -2.59. The standard InChI is InChI=1S/C6H12N2O4S/c7-6(13)8-5-4(11)3(10)2(9)1-12-5/h2-5,9-11H,1H2,(H3,7,8,13)/t2-,3-,4+,5+/m1/s1. The van der Waals surface area contributed by atoms with E-state index in [4.69, 9.17) is 15.6 Å². The molecule has 0 aromatic heterocycles. The zero-order valence-electron chi connectivity index (χ0n) is 6.75. The summed E-state index contributed by atoms with van der Waals surface area (Å²) in [5.41, 5.74) is 5.15. The van der Waals surface area contributed by atoms with Crippen LogP contribution in [0.15, 0.2) is 0 Å². The number of thiocarbonyl (C=S) groups is 1. The van der Waals surface area contributed by atoms with Crippen LogP contribution in [-0.4, -0.2) is 51.6 Å². The highest BCUT2D eigenvalue weighted by Gasteiger charge is 2.37. The topological polar surface area (TPSA) is 108 Å². The molecule has 0 radical (unpaired) electrons. The molecule has 6 N–H and O–H groups in total. The Labute approximate surface area is 80.3 Å². The normalized spacial score (nSPS) is 39.9. The third-order valence-electron chi connectivity index (χ3n) is 1.79. The molecule has 0 amide bonds. The van der Waals surface area contributed by atoms with E-state index in [-0.39, 0.29) is 11.7 Å². The fourth-order valence-electron chi connectivity index (χ4n) is 1.07. The molecular weight excluding hydrogens is 196 g/mol. The Hall–Kier alpha value is -0.470. The summed E-state index contributed by atoms with van der Waals surface area (Å²) in [6.07, 6.45) is -4.44. The van der Waals surface area contributed by atoms with Crippen LogP contribution in [-0.2, 0) is 4.74 Å². The van der Waals surface area contributed by atoms with Crippen molar-refractivity contribution < 1.29 is 20.1 Å². The summed E-state index contributed by atoms with van der Waals surface area (Å²) in [7, 11) is 0. The zero-order chi connectivity index (χ0) is 10.0. The number of nitrogens with one attached hydrogen (secondary N) is 1. The van der Waals surface area contributed by atoms with Crippen molar-refractivity contribution in [1.82, 2.24) is 5.32 Å². The van der Waals surface area contributed by atoms with Gasteiger partial charge in [0, 0.05) is 0 Å². The molecule has 1 aliphatic heterocycles. The minimum absolute atomic E-state index is 0.0346. The van der Waals surface area contributed by atoms with Crippen molar-refractivity contribution in [2.75, 3.05) is 6.61 Å². The van der Waals surface area contributed by atoms with E-state index < -0.39 is 24.5 Å². The largest absolute Gasteiger partial charge is 0.388 e. The highest BCUT2D eigenvalue weighted by molar-refractivity contribution is 7.80. The van der Waals surface area contributed by atoms with Crippen LogP contribution in [0.4, 0.5) is 0 Å². The molecule has 0 spiro atoms. The van der Waals surface area contributed by atoms with Gasteiger partial charge in [-0.25, -0.2) is 0 Å². The highest BCUT2D eigenvalue weighted by Crippen LogP contribution is 2.13. The Kier molecular flexibility index (Phi) is 3.40. The number of nitrogens with two attached hydrogens (primary N) is 1. The Bertz CT molecular complexity index is 203. The summed E-state index contributed by atoms with van der Waals surface area (Å²) >= 11 is 4.53. The van der Waals surface area contributed by atoms with Crippen LogP contribution in [0.3, 0.4) is 0 Å². The summed E-state index contributed by atoms with van der Waals surface area (Å²) < 4.78 is 4.95. The van der Waals surface area contributed by atoms with E-state index >= 15 is 0 Å². The molecule has 0 aromatic rings. The molecule has 1 fully saturated rings. The van der Waals surface area contributed by atoms with Crippen LogP contribution >= 0.6 is 12.2 Å². The lowest BCUT2D eigenvalue weighted by Gasteiger charge is -2.35. The zero-order valence-corrected chi connectivity index (χ0v) is 7.57. The third kappa shape index (κ3) is 2.48. The highest BCUT2D eigenvalue weighted by atomic mass is 32.1. The number of rotatable bonds is 1. The van der Waals surface area contributed by atoms with Crippen molar-refractivity contribution in [2.45, 2.75) is 24.5 Å². The molecule has 0 saturated carbocycles. The second-order valence-corrected chi connectivity index (χ2v) is 3.25. The fourth-order valence-corrected chi connectivity index (χ4v) is 1.19. The number of aliphatic hydroxyl groups is 3. The quantitative estimate of drug-likeness (QED) is 0.297. The van der Waals surface area contributed by atoms with Gasteiger partial charge in [-0.2, -0.15) is 0 Å². The molecule has 0 unspecified atom stereocenters. The lowest BCUT2D eigenvalue weighted by atomic mass is 10.0. The van der Waals surface area contributed by atoms with E-state index in [9.17, 15) is 10.2 Å². The average molecular weight is 208 g/mol. The van der Waals surface area contributed by atoms with Gasteiger partial charge in [0.1, 0.15) is 18.3 Å². The van der Waals surface area contributed by atoms with Crippen molar-refractivity contribution in [1.29, 1.82) is 0 Å². The summed E-state index contributed by atoms with van der Waals surface area (Å²) in [5.74, 6) is 0. The molecule has 7 heteroatoms. The van der Waals surface area contributed by atoms with Crippen LogP contribution in [0.5, 0.6) is 0 Å². The molecule has 0 aliphatic carbocycles. The van der Waals surface area contributed by atoms with Gasteiger partial charge in [-0.15, -0.1) is 0 Å². The van der Waals surface area contributed by atoms with Crippen LogP contribution in [0.2, 0.25) is 0 Å². The van der Waals surface area contributed by atoms with Gasteiger partial charge in [-0.3, -0.25) is 0 Å². The second kappa shape index (κ2) is 4.16. The molecule has 76 valence electrons. The lowest BCUT2D eigenvalue weighted by molar-refractivity contribution is -0.190. The first-order valence-corrected chi connectivity index (χ1v) is 4.15. The minimum atomic E-state index is -1.25. The Morgan fingerprint density at radius 3 is 2.54 bits per heavy atom. The van der Waals surface area contributed by atoms with Crippen molar-refractivity contribution in [3.05, 3.63) is 0 Å². The monoisotopic (exact) mass is 208 g/mol. The van der Waals surface area contributed by atoms with E-state index in [0.717, 1.165) is 0 Å². The van der Waals surface area contributed by atoms with Gasteiger partial charge in [0.25, 0.3) is 0 Å². The SMILES string of the molecule is NC(=S)N[C@H]1OC[C@@H](O)[C@@H](O)[C@@H]1O. The maximum atomic E-state index is 9.34. The molecule has 6 nitrogen and oxygen atoms in total. The van der Waals surface area contributed by atoms with Gasteiger partial charge in [-0.1, -0.05) is 0 Å². The van der Waals surface area contributed by atoms with E-state index in [0.29, 0.717) is 0 Å². The molecule has 1 heterocycles. The number of hydrogen-bond acceptors (Lipinski definition) is 5. The van der Waals surface area contributed by atoms with Crippen LogP contribution in [0.25, 0.3) is 0 Å². The molecule has 1 rings (SSSR count). The molecule has 4 atom stereocenters. The summed E-state index contributed by atoms with van der Waals surface area (Å²) in [6.45, 7) is -0.0709. The average Bonchev–Trinajstić information content (AvgIpc) is 2.06. The van der Waals surface area contributed by atoms with Gasteiger partial charge in [0.05, 0.1) is 6.61 Å². The summed E-state index contributed by atoms with van der Waals surface area (Å²) in [6, 6.07) is 0. The molecule has 0 aromatic carbocycles. The number of ether oxygens (including phenoxy) is 1. The van der Waals surface area contributed by atoms with Crippen molar-refractivity contribution >= 4 is 17.3 Å². The van der Waals surface area contributed by atoms with Crippen molar-refractivity contribution in [3.8, 4) is 0 Å². The first-order chi connectivity index (χ1) is 6.02. The molecular formula is C6H12N2O4S. The van der Waals surface area contributed by atoms with Crippen LogP contribution in [0, 0.1) is 0 Å². The number of aliphatic hydroxyl groups excluding tert-OH is 3. The molecule has 0 bridgehead atoms. The minimum Gasteiger partial charge on any atom is -0.388 e. The summed E-state index contributed by atoms with van der Waals surface area (Å²) in [4.78, 5) is 0. The van der Waals surface area contributed by atoms with Gasteiger partial charge in [0.2, 0.25) is 0 Å². The smallest absolute Gasteiger partial charge is 0.165 e. The Balaban J connectivity index is 2.53. The number of hydrogen-bond donors (Lipinski definition) is 5. The first-order valence-electron chi connectivity index (χ1n) is 3.74. The third-order valence-corrected chi connectivity index (χ3v) is 1.90. The first kappa shape index (κ1) is 10.6. The molecule has 1 saturated heterocycles. The maximum Gasteiger partial charge on any atom is 0.165 e. The maximum absolute atomic E-state index is 9.34.